The van der Waals surface area contributed by atoms with Crippen molar-refractivity contribution >= 4 is 5.97 Å². The van der Waals surface area contributed by atoms with Crippen LogP contribution in [0.3, 0.4) is 0 Å². The summed E-state index contributed by atoms with van der Waals surface area (Å²) < 4.78 is 5.11. The van der Waals surface area contributed by atoms with Crippen LogP contribution in [-0.2, 0) is 9.53 Å². The molecular weight excluding hydrogens is 192 g/mol. The molecule has 82 valence electrons. The number of carbonyl (C=O) groups is 1. The molecule has 1 N–H and O–H groups in total. The van der Waals surface area contributed by atoms with Crippen LogP contribution in [0.25, 0.3) is 0 Å². The molecule has 0 aromatic carbocycles. The molecule has 1 saturated heterocycles. The van der Waals surface area contributed by atoms with E-state index in [2.05, 4.69) is 16.9 Å². The van der Waals surface area contributed by atoms with E-state index in [0.717, 1.165) is 12.1 Å². The smallest absolute Gasteiger partial charge is 0.309 e. The predicted molar refractivity (Wildman–Crippen MR) is 55.2 cm³/mol. The van der Waals surface area contributed by atoms with E-state index in [-0.39, 0.29) is 17.8 Å². The molecule has 0 bridgehead atoms. The Hall–Kier alpha value is -1.32. The van der Waals surface area contributed by atoms with Gasteiger partial charge < -0.3 is 9.72 Å². The van der Waals surface area contributed by atoms with Gasteiger partial charge in [-0.1, -0.05) is 13.8 Å². The van der Waals surface area contributed by atoms with Crippen molar-refractivity contribution in [3.63, 3.8) is 0 Å². The highest BCUT2D eigenvalue weighted by molar-refractivity contribution is 5.74. The van der Waals surface area contributed by atoms with Gasteiger partial charge in [0.1, 0.15) is 0 Å². The lowest BCUT2D eigenvalue weighted by Crippen LogP contribution is -2.20. The summed E-state index contributed by atoms with van der Waals surface area (Å²) >= 11 is 0. The highest BCUT2D eigenvalue weighted by Gasteiger charge is 2.39. The zero-order chi connectivity index (χ0) is 10.8. The van der Waals surface area contributed by atoms with Gasteiger partial charge in [-0.05, 0) is 6.42 Å². The van der Waals surface area contributed by atoms with E-state index in [1.807, 2.05) is 13.1 Å². The molecule has 1 aromatic rings. The normalized spacial score (nSPS) is 27.7. The van der Waals surface area contributed by atoms with Gasteiger partial charge in [0.2, 0.25) is 0 Å². The quantitative estimate of drug-likeness (QED) is 0.769. The maximum atomic E-state index is 11.4. The zero-order valence-corrected chi connectivity index (χ0v) is 9.06. The van der Waals surface area contributed by atoms with Gasteiger partial charge in [-0.25, -0.2) is 4.98 Å². The van der Waals surface area contributed by atoms with Gasteiger partial charge in [0.05, 0.1) is 18.9 Å². The average Bonchev–Trinajstić information content (AvgIpc) is 2.85. The monoisotopic (exact) mass is 208 g/mol. The molecule has 1 fully saturated rings. The zero-order valence-electron chi connectivity index (χ0n) is 9.06. The molecule has 0 saturated carbocycles. The van der Waals surface area contributed by atoms with Crippen LogP contribution in [0, 0.1) is 11.8 Å². The van der Waals surface area contributed by atoms with Gasteiger partial charge in [0.25, 0.3) is 0 Å². The number of ether oxygens (including phenoxy) is 1. The third-order valence-electron chi connectivity index (χ3n) is 3.33. The number of aromatic nitrogens is 2. The fraction of sp³-hybridized carbons (Fsp3) is 0.636. The van der Waals surface area contributed by atoms with Crippen molar-refractivity contribution in [1.82, 2.24) is 9.97 Å². The van der Waals surface area contributed by atoms with E-state index in [4.69, 9.17) is 4.74 Å². The van der Waals surface area contributed by atoms with Crippen molar-refractivity contribution in [3.8, 4) is 0 Å². The maximum absolute atomic E-state index is 11.4. The van der Waals surface area contributed by atoms with Crippen molar-refractivity contribution in [2.45, 2.75) is 26.2 Å². The Kier molecular flexibility index (Phi) is 2.75. The number of nitrogens with one attached hydrogen (secondary N) is 1. The Labute approximate surface area is 89.0 Å². The highest BCUT2D eigenvalue weighted by atomic mass is 16.5. The summed E-state index contributed by atoms with van der Waals surface area (Å²) in [6.45, 7) is 4.68. The summed E-state index contributed by atoms with van der Waals surface area (Å²) in [5.41, 5.74) is 1.08. The summed E-state index contributed by atoms with van der Waals surface area (Å²) in [6, 6.07) is 0. The van der Waals surface area contributed by atoms with E-state index >= 15 is 0 Å². The standard InChI is InChI=1S/C11H16N2O2/c1-3-8-9(5-15-11(8)14)7(2)10-4-12-6-13-10/h4,6-9H,3,5H2,1-2H3,(H,12,13)/t7?,8-,9+/m0/s1. The van der Waals surface area contributed by atoms with Crippen LogP contribution in [-0.4, -0.2) is 22.5 Å². The molecule has 4 nitrogen and oxygen atoms in total. The molecule has 2 heterocycles. The molecule has 1 unspecified atom stereocenters. The van der Waals surface area contributed by atoms with Gasteiger partial charge in [0, 0.05) is 23.7 Å². The summed E-state index contributed by atoms with van der Waals surface area (Å²) in [5, 5.41) is 0. The van der Waals surface area contributed by atoms with Crippen LogP contribution >= 0.6 is 0 Å². The van der Waals surface area contributed by atoms with E-state index in [0.29, 0.717) is 12.5 Å². The Balaban J connectivity index is 2.14. The fourth-order valence-corrected chi connectivity index (χ4v) is 2.28. The maximum Gasteiger partial charge on any atom is 0.309 e. The van der Waals surface area contributed by atoms with Gasteiger partial charge >= 0.3 is 5.97 Å². The summed E-state index contributed by atoms with van der Waals surface area (Å²) in [7, 11) is 0. The van der Waals surface area contributed by atoms with Crippen molar-refractivity contribution in [3.05, 3.63) is 18.2 Å². The number of cyclic esters (lactones) is 1. The molecule has 0 radical (unpaired) electrons. The van der Waals surface area contributed by atoms with Crippen molar-refractivity contribution in [1.29, 1.82) is 0 Å². The van der Waals surface area contributed by atoms with Crippen LogP contribution in [0.15, 0.2) is 12.5 Å². The third-order valence-corrected chi connectivity index (χ3v) is 3.33. The first kappa shape index (κ1) is 10.2. The SMILES string of the molecule is CC[C@@H]1C(=O)OC[C@@H]1C(C)c1cnc[nH]1. The van der Waals surface area contributed by atoms with E-state index in [9.17, 15) is 4.79 Å². The lowest BCUT2D eigenvalue weighted by molar-refractivity contribution is -0.141. The first-order valence-corrected chi connectivity index (χ1v) is 5.39. The van der Waals surface area contributed by atoms with Gasteiger partial charge in [-0.2, -0.15) is 0 Å². The minimum Gasteiger partial charge on any atom is -0.465 e. The summed E-state index contributed by atoms with van der Waals surface area (Å²) in [5.74, 6) is 0.573. The Morgan fingerprint density at radius 1 is 1.73 bits per heavy atom. The number of aromatic amines is 1. The third kappa shape index (κ3) is 1.76. The molecule has 4 heteroatoms. The second kappa shape index (κ2) is 4.04. The number of hydrogen-bond acceptors (Lipinski definition) is 3. The van der Waals surface area contributed by atoms with Crippen LogP contribution in [0.4, 0.5) is 0 Å². The first-order valence-electron chi connectivity index (χ1n) is 5.39. The van der Waals surface area contributed by atoms with Crippen molar-refractivity contribution in [2.24, 2.45) is 11.8 Å². The van der Waals surface area contributed by atoms with E-state index in [1.54, 1.807) is 6.33 Å². The number of hydrogen-bond donors (Lipinski definition) is 1. The fourth-order valence-electron chi connectivity index (χ4n) is 2.28. The topological polar surface area (TPSA) is 55.0 Å². The molecule has 1 aliphatic rings. The lowest BCUT2D eigenvalue weighted by atomic mass is 9.82. The molecule has 0 aliphatic carbocycles. The predicted octanol–water partition coefficient (Wildman–Crippen LogP) is 1.71. The largest absolute Gasteiger partial charge is 0.465 e. The molecule has 1 aliphatic heterocycles. The second-order valence-electron chi connectivity index (χ2n) is 4.10. The molecule has 15 heavy (non-hydrogen) atoms. The van der Waals surface area contributed by atoms with Gasteiger partial charge in [0.15, 0.2) is 0 Å². The van der Waals surface area contributed by atoms with Crippen molar-refractivity contribution in [2.75, 3.05) is 6.61 Å². The molecular formula is C11H16N2O2. The minimum atomic E-state index is -0.0473. The average molecular weight is 208 g/mol. The van der Waals surface area contributed by atoms with Crippen LogP contribution < -0.4 is 0 Å². The van der Waals surface area contributed by atoms with Crippen LogP contribution in [0.5, 0.6) is 0 Å². The highest BCUT2D eigenvalue weighted by Crippen LogP contribution is 2.35. The number of esters is 1. The minimum absolute atomic E-state index is 0.0447. The Morgan fingerprint density at radius 3 is 3.13 bits per heavy atom. The number of rotatable bonds is 3. The van der Waals surface area contributed by atoms with Crippen molar-refractivity contribution < 1.29 is 9.53 Å². The van der Waals surface area contributed by atoms with Gasteiger partial charge in [-0.15, -0.1) is 0 Å². The number of H-pyrrole nitrogens is 1. The summed E-state index contributed by atoms with van der Waals surface area (Å²) in [4.78, 5) is 18.5. The molecule has 2 rings (SSSR count). The molecule has 0 amide bonds. The second-order valence-corrected chi connectivity index (χ2v) is 4.10. The Morgan fingerprint density at radius 2 is 2.53 bits per heavy atom. The van der Waals surface area contributed by atoms with E-state index in [1.165, 1.54) is 0 Å². The lowest BCUT2D eigenvalue weighted by Gasteiger charge is -2.19. The molecule has 3 atom stereocenters. The van der Waals surface area contributed by atoms with Gasteiger partial charge in [-0.3, -0.25) is 4.79 Å². The first-order chi connectivity index (χ1) is 7.24. The number of nitrogens with zero attached hydrogens (tertiary/aromatic N) is 1. The van der Waals surface area contributed by atoms with Crippen LogP contribution in [0.2, 0.25) is 0 Å². The Bertz CT molecular complexity index is 334. The number of carbonyl (C=O) groups excluding carboxylic acids is 1. The number of imidazole rings is 1. The summed E-state index contributed by atoms with van der Waals surface area (Å²) in [6.07, 6.45) is 4.34. The molecule has 1 aromatic heterocycles. The van der Waals surface area contributed by atoms with Crippen LogP contribution in [0.1, 0.15) is 31.9 Å². The van der Waals surface area contributed by atoms with E-state index < -0.39 is 0 Å². The molecule has 0 spiro atoms.